The third kappa shape index (κ3) is 1.47. The van der Waals surface area contributed by atoms with Crippen molar-refractivity contribution in [2.45, 2.75) is 39.5 Å². The molecule has 2 rings (SSSR count). The summed E-state index contributed by atoms with van der Waals surface area (Å²) in [5.41, 5.74) is 3.36. The van der Waals surface area contributed by atoms with Gasteiger partial charge in [0.1, 0.15) is 0 Å². The molecule has 0 saturated heterocycles. The first-order chi connectivity index (χ1) is 6.54. The Labute approximate surface area is 87.3 Å². The van der Waals surface area contributed by atoms with Crippen LogP contribution in [0.5, 0.6) is 0 Å². The lowest BCUT2D eigenvalue weighted by Gasteiger charge is -2.14. The van der Waals surface area contributed by atoms with Crippen molar-refractivity contribution in [2.24, 2.45) is 11.8 Å². The molecule has 0 heterocycles. The average molecular weight is 188 g/mol. The van der Waals surface area contributed by atoms with E-state index in [1.807, 2.05) is 0 Å². The van der Waals surface area contributed by atoms with Gasteiger partial charge in [0.15, 0.2) is 0 Å². The van der Waals surface area contributed by atoms with Crippen LogP contribution >= 0.6 is 0 Å². The van der Waals surface area contributed by atoms with E-state index in [0.717, 1.165) is 11.8 Å². The smallest absolute Gasteiger partial charge is 0.00412 e. The Balaban J connectivity index is 2.21. The molecule has 0 aliphatic heterocycles. The quantitative estimate of drug-likeness (QED) is 0.659. The summed E-state index contributed by atoms with van der Waals surface area (Å²) < 4.78 is 0. The van der Waals surface area contributed by atoms with E-state index in [1.54, 1.807) is 0 Å². The maximum Gasteiger partial charge on any atom is -0.00412 e. The highest BCUT2D eigenvalue weighted by atomic mass is 14.6. The predicted molar refractivity (Wildman–Crippen MR) is 61.5 cm³/mol. The molecule has 0 nitrogen and oxygen atoms in total. The van der Waals surface area contributed by atoms with Gasteiger partial charge in [0.25, 0.3) is 0 Å². The van der Waals surface area contributed by atoms with Gasteiger partial charge in [-0.2, -0.15) is 0 Å². The minimum atomic E-state index is 0.474. The van der Waals surface area contributed by atoms with Crippen molar-refractivity contribution in [3.63, 3.8) is 0 Å². The van der Waals surface area contributed by atoms with E-state index in [9.17, 15) is 0 Å². The monoisotopic (exact) mass is 188 g/mol. The van der Waals surface area contributed by atoms with E-state index in [1.165, 1.54) is 17.5 Å². The van der Waals surface area contributed by atoms with Crippen molar-refractivity contribution in [2.75, 3.05) is 0 Å². The topological polar surface area (TPSA) is 0 Å². The van der Waals surface area contributed by atoms with Crippen molar-refractivity contribution in [3.8, 4) is 0 Å². The minimum absolute atomic E-state index is 0.474. The first-order valence-electron chi connectivity index (χ1n) is 5.61. The molecule has 1 aliphatic rings. The first-order valence-corrected chi connectivity index (χ1v) is 5.61. The van der Waals surface area contributed by atoms with Crippen LogP contribution in [0.15, 0.2) is 24.3 Å². The van der Waals surface area contributed by atoms with Crippen molar-refractivity contribution in [3.05, 3.63) is 35.4 Å². The third-order valence-corrected chi connectivity index (χ3v) is 3.82. The summed E-state index contributed by atoms with van der Waals surface area (Å²) in [4.78, 5) is 0. The van der Waals surface area contributed by atoms with Crippen molar-refractivity contribution in [1.82, 2.24) is 0 Å². The molecule has 1 aliphatic carbocycles. The molecule has 0 aromatic heterocycles. The van der Waals surface area contributed by atoms with Gasteiger partial charge in [-0.25, -0.2) is 0 Å². The van der Waals surface area contributed by atoms with Gasteiger partial charge in [0, 0.05) is 0 Å². The highest BCUT2D eigenvalue weighted by Gasteiger charge is 2.52. The molecule has 0 amide bonds. The lowest BCUT2D eigenvalue weighted by Crippen LogP contribution is -2.07. The van der Waals surface area contributed by atoms with E-state index in [4.69, 9.17) is 0 Å². The van der Waals surface area contributed by atoms with E-state index < -0.39 is 0 Å². The van der Waals surface area contributed by atoms with Gasteiger partial charge in [-0.15, -0.1) is 0 Å². The SMILES string of the molecule is Cc1ccc(C2(C)CC2C(C)C)cc1. The molecular formula is C14H20. The van der Waals surface area contributed by atoms with Crippen LogP contribution in [0.3, 0.4) is 0 Å². The summed E-state index contributed by atoms with van der Waals surface area (Å²) in [6, 6.07) is 9.07. The van der Waals surface area contributed by atoms with Crippen LogP contribution < -0.4 is 0 Å². The number of hydrogen-bond donors (Lipinski definition) is 0. The zero-order chi connectivity index (χ0) is 10.3. The molecule has 0 spiro atoms. The summed E-state index contributed by atoms with van der Waals surface area (Å²) in [7, 11) is 0. The van der Waals surface area contributed by atoms with Gasteiger partial charge in [0.05, 0.1) is 0 Å². The highest BCUT2D eigenvalue weighted by Crippen LogP contribution is 2.57. The summed E-state index contributed by atoms with van der Waals surface area (Å²) in [5, 5.41) is 0. The second-order valence-electron chi connectivity index (χ2n) is 5.34. The summed E-state index contributed by atoms with van der Waals surface area (Å²) in [6.07, 6.45) is 1.37. The average Bonchev–Trinajstić information content (AvgIpc) is 2.80. The van der Waals surface area contributed by atoms with Gasteiger partial charge in [-0.3, -0.25) is 0 Å². The molecule has 2 atom stereocenters. The van der Waals surface area contributed by atoms with E-state index in [2.05, 4.69) is 52.0 Å². The zero-order valence-corrected chi connectivity index (χ0v) is 9.67. The summed E-state index contributed by atoms with van der Waals surface area (Å²) in [6.45, 7) is 9.23. The molecule has 14 heavy (non-hydrogen) atoms. The van der Waals surface area contributed by atoms with Crippen LogP contribution in [0.2, 0.25) is 0 Å². The maximum absolute atomic E-state index is 2.41. The Kier molecular flexibility index (Phi) is 2.17. The van der Waals surface area contributed by atoms with Crippen molar-refractivity contribution >= 4 is 0 Å². The largest absolute Gasteiger partial charge is 0.0625 e. The molecule has 0 heteroatoms. The van der Waals surface area contributed by atoms with Crippen LogP contribution in [0.4, 0.5) is 0 Å². The fourth-order valence-corrected chi connectivity index (χ4v) is 2.64. The second-order valence-corrected chi connectivity index (χ2v) is 5.34. The van der Waals surface area contributed by atoms with E-state index in [-0.39, 0.29) is 0 Å². The van der Waals surface area contributed by atoms with Gasteiger partial charge >= 0.3 is 0 Å². The van der Waals surface area contributed by atoms with Gasteiger partial charge in [-0.05, 0) is 36.2 Å². The lowest BCUT2D eigenvalue weighted by molar-refractivity contribution is 0.499. The third-order valence-electron chi connectivity index (χ3n) is 3.82. The van der Waals surface area contributed by atoms with Crippen molar-refractivity contribution in [1.29, 1.82) is 0 Å². The van der Waals surface area contributed by atoms with Crippen LogP contribution in [0.25, 0.3) is 0 Å². The van der Waals surface area contributed by atoms with Crippen LogP contribution in [0, 0.1) is 18.8 Å². The summed E-state index contributed by atoms with van der Waals surface area (Å²) in [5.74, 6) is 1.71. The van der Waals surface area contributed by atoms with E-state index in [0.29, 0.717) is 5.41 Å². The van der Waals surface area contributed by atoms with Gasteiger partial charge in [0.2, 0.25) is 0 Å². The molecule has 0 radical (unpaired) electrons. The normalized spacial score (nSPS) is 30.8. The van der Waals surface area contributed by atoms with Gasteiger partial charge in [-0.1, -0.05) is 50.6 Å². The van der Waals surface area contributed by atoms with Crippen LogP contribution in [0.1, 0.15) is 38.3 Å². The Bertz CT molecular complexity index is 320. The maximum atomic E-state index is 2.41. The first kappa shape index (κ1) is 9.76. The Morgan fingerprint density at radius 3 is 2.21 bits per heavy atom. The second kappa shape index (κ2) is 3.12. The molecule has 76 valence electrons. The van der Waals surface area contributed by atoms with E-state index >= 15 is 0 Å². The number of rotatable bonds is 2. The summed E-state index contributed by atoms with van der Waals surface area (Å²) >= 11 is 0. The Hall–Kier alpha value is -0.780. The molecule has 0 bridgehead atoms. The predicted octanol–water partition coefficient (Wildman–Crippen LogP) is 3.93. The van der Waals surface area contributed by atoms with Gasteiger partial charge < -0.3 is 0 Å². The molecule has 1 aromatic rings. The molecule has 2 unspecified atom stereocenters. The molecule has 1 saturated carbocycles. The molecule has 0 N–H and O–H groups in total. The molecule has 1 aromatic carbocycles. The fourth-order valence-electron chi connectivity index (χ4n) is 2.64. The Morgan fingerprint density at radius 2 is 1.79 bits per heavy atom. The van der Waals surface area contributed by atoms with Crippen LogP contribution in [-0.2, 0) is 5.41 Å². The fraction of sp³-hybridized carbons (Fsp3) is 0.571. The van der Waals surface area contributed by atoms with Crippen molar-refractivity contribution < 1.29 is 0 Å². The highest BCUT2D eigenvalue weighted by molar-refractivity contribution is 5.34. The lowest BCUT2D eigenvalue weighted by atomic mass is 9.91. The number of hydrogen-bond acceptors (Lipinski definition) is 0. The molecule has 1 fully saturated rings. The Morgan fingerprint density at radius 1 is 1.21 bits per heavy atom. The minimum Gasteiger partial charge on any atom is -0.0625 e. The number of aryl methyl sites for hydroxylation is 1. The number of benzene rings is 1. The zero-order valence-electron chi connectivity index (χ0n) is 9.67. The van der Waals surface area contributed by atoms with Crippen LogP contribution in [-0.4, -0.2) is 0 Å². The molecular weight excluding hydrogens is 168 g/mol. The standard InChI is InChI=1S/C14H20/c1-10(2)13-9-14(13,4)12-7-5-11(3)6-8-12/h5-8,10,13H,9H2,1-4H3.